The highest BCUT2D eigenvalue weighted by atomic mass is 32.2. The van der Waals surface area contributed by atoms with Gasteiger partial charge < -0.3 is 5.32 Å². The second-order valence-electron chi connectivity index (χ2n) is 4.41. The average molecular weight is 304 g/mol. The molecule has 0 amide bonds. The second-order valence-corrected chi connectivity index (χ2v) is 7.66. The maximum absolute atomic E-state index is 12.6. The largest absolute Gasteiger partial charge is 0.312 e. The molecule has 0 saturated carbocycles. The van der Waals surface area contributed by atoms with Crippen molar-refractivity contribution in [1.29, 1.82) is 0 Å². The van der Waals surface area contributed by atoms with Crippen molar-refractivity contribution in [3.05, 3.63) is 15.8 Å². The number of sulfonamides is 1. The molecule has 0 unspecified atom stereocenters. The van der Waals surface area contributed by atoms with Crippen LogP contribution in [0.1, 0.15) is 36.9 Å². The minimum atomic E-state index is -3.33. The first-order valence-electron chi connectivity index (χ1n) is 6.77. The molecule has 4 nitrogen and oxygen atoms in total. The molecule has 1 aromatic heterocycles. The third kappa shape index (κ3) is 4.02. The first-order chi connectivity index (χ1) is 8.97. The molecular formula is C13H24N2O2S2. The fourth-order valence-corrected chi connectivity index (χ4v) is 5.07. The van der Waals surface area contributed by atoms with E-state index in [0.717, 1.165) is 29.3 Å². The summed E-state index contributed by atoms with van der Waals surface area (Å²) in [5.74, 6) is 0. The van der Waals surface area contributed by atoms with Crippen molar-refractivity contribution in [2.45, 2.75) is 45.6 Å². The van der Waals surface area contributed by atoms with Gasteiger partial charge in [-0.15, -0.1) is 11.3 Å². The van der Waals surface area contributed by atoms with Crippen molar-refractivity contribution >= 4 is 21.4 Å². The highest BCUT2D eigenvalue weighted by molar-refractivity contribution is 7.89. The Kier molecular flexibility index (Phi) is 6.46. The number of nitrogens with one attached hydrogen (secondary N) is 1. The molecule has 0 aliphatic rings. The SMILES string of the molecule is CCCN(CC)S(=O)(=O)c1cc(CNCC)sc1C. The lowest BCUT2D eigenvalue weighted by Crippen LogP contribution is -2.31. The van der Waals surface area contributed by atoms with E-state index < -0.39 is 10.0 Å². The summed E-state index contributed by atoms with van der Waals surface area (Å²) in [6.45, 7) is 10.5. The van der Waals surface area contributed by atoms with Crippen molar-refractivity contribution in [2.75, 3.05) is 19.6 Å². The van der Waals surface area contributed by atoms with Gasteiger partial charge in [-0.25, -0.2) is 8.42 Å². The van der Waals surface area contributed by atoms with Crippen molar-refractivity contribution in [3.63, 3.8) is 0 Å². The van der Waals surface area contributed by atoms with Gasteiger partial charge in [-0.1, -0.05) is 20.8 Å². The smallest absolute Gasteiger partial charge is 0.244 e. The zero-order chi connectivity index (χ0) is 14.5. The van der Waals surface area contributed by atoms with Gasteiger partial charge in [0, 0.05) is 29.4 Å². The summed E-state index contributed by atoms with van der Waals surface area (Å²) in [5.41, 5.74) is 0. The van der Waals surface area contributed by atoms with E-state index in [9.17, 15) is 8.42 Å². The van der Waals surface area contributed by atoms with Crippen LogP contribution in [0.25, 0.3) is 0 Å². The summed E-state index contributed by atoms with van der Waals surface area (Å²) in [6, 6.07) is 1.82. The van der Waals surface area contributed by atoms with Crippen LogP contribution in [0.15, 0.2) is 11.0 Å². The maximum atomic E-state index is 12.6. The first-order valence-corrected chi connectivity index (χ1v) is 9.03. The number of hydrogen-bond donors (Lipinski definition) is 1. The van der Waals surface area contributed by atoms with Gasteiger partial charge in [0.15, 0.2) is 0 Å². The average Bonchev–Trinajstić information content (AvgIpc) is 2.75. The molecular weight excluding hydrogens is 280 g/mol. The summed E-state index contributed by atoms with van der Waals surface area (Å²) in [4.78, 5) is 2.42. The fraction of sp³-hybridized carbons (Fsp3) is 0.692. The molecule has 0 atom stereocenters. The van der Waals surface area contributed by atoms with E-state index in [1.165, 1.54) is 0 Å². The molecule has 1 rings (SSSR count). The molecule has 0 fully saturated rings. The van der Waals surface area contributed by atoms with E-state index in [4.69, 9.17) is 0 Å². The molecule has 0 aliphatic heterocycles. The van der Waals surface area contributed by atoms with Crippen molar-refractivity contribution in [2.24, 2.45) is 0 Å². The van der Waals surface area contributed by atoms with Gasteiger partial charge in [0.25, 0.3) is 0 Å². The van der Waals surface area contributed by atoms with Gasteiger partial charge >= 0.3 is 0 Å². The topological polar surface area (TPSA) is 49.4 Å². The quantitative estimate of drug-likeness (QED) is 0.803. The summed E-state index contributed by atoms with van der Waals surface area (Å²) in [5, 5.41) is 3.23. The van der Waals surface area contributed by atoms with Gasteiger partial charge in [0.2, 0.25) is 10.0 Å². The highest BCUT2D eigenvalue weighted by Crippen LogP contribution is 2.28. The second kappa shape index (κ2) is 7.38. The van der Waals surface area contributed by atoms with Gasteiger partial charge in [0.05, 0.1) is 4.90 Å². The first kappa shape index (κ1) is 16.6. The van der Waals surface area contributed by atoms with Gasteiger partial charge in [-0.2, -0.15) is 4.31 Å². The maximum Gasteiger partial charge on any atom is 0.244 e. The molecule has 0 spiro atoms. The Morgan fingerprint density at radius 1 is 1.32 bits per heavy atom. The third-order valence-corrected chi connectivity index (χ3v) is 6.20. The van der Waals surface area contributed by atoms with E-state index in [2.05, 4.69) is 5.32 Å². The molecule has 110 valence electrons. The van der Waals surface area contributed by atoms with Crippen LogP contribution in [0.4, 0.5) is 0 Å². The predicted molar refractivity (Wildman–Crippen MR) is 81.2 cm³/mol. The normalized spacial score (nSPS) is 12.3. The zero-order valence-electron chi connectivity index (χ0n) is 12.2. The monoisotopic (exact) mass is 304 g/mol. The van der Waals surface area contributed by atoms with Crippen LogP contribution in [-0.2, 0) is 16.6 Å². The van der Waals surface area contributed by atoms with E-state index in [-0.39, 0.29) is 0 Å². The van der Waals surface area contributed by atoms with E-state index in [0.29, 0.717) is 18.0 Å². The Bertz CT molecular complexity index is 495. The summed E-state index contributed by atoms with van der Waals surface area (Å²) >= 11 is 1.56. The van der Waals surface area contributed by atoms with E-state index >= 15 is 0 Å². The van der Waals surface area contributed by atoms with Gasteiger partial charge in [0.1, 0.15) is 0 Å². The lowest BCUT2D eigenvalue weighted by Gasteiger charge is -2.19. The van der Waals surface area contributed by atoms with Crippen LogP contribution < -0.4 is 5.32 Å². The predicted octanol–water partition coefficient (Wildman–Crippen LogP) is 2.59. The highest BCUT2D eigenvalue weighted by Gasteiger charge is 2.25. The van der Waals surface area contributed by atoms with E-state index in [1.54, 1.807) is 15.6 Å². The summed E-state index contributed by atoms with van der Waals surface area (Å²) in [7, 11) is -3.33. The number of hydrogen-bond acceptors (Lipinski definition) is 4. The minimum absolute atomic E-state index is 0.473. The van der Waals surface area contributed by atoms with Gasteiger partial charge in [-0.3, -0.25) is 0 Å². The Morgan fingerprint density at radius 2 is 2.00 bits per heavy atom. The molecule has 0 saturated heterocycles. The van der Waals surface area contributed by atoms with Crippen molar-refractivity contribution < 1.29 is 8.42 Å². The molecule has 1 heterocycles. The molecule has 0 radical (unpaired) electrons. The number of rotatable bonds is 8. The van der Waals surface area contributed by atoms with Crippen LogP contribution >= 0.6 is 11.3 Å². The molecule has 19 heavy (non-hydrogen) atoms. The zero-order valence-corrected chi connectivity index (χ0v) is 13.8. The van der Waals surface area contributed by atoms with Crippen LogP contribution in [0.5, 0.6) is 0 Å². The Morgan fingerprint density at radius 3 is 2.53 bits per heavy atom. The molecule has 0 bridgehead atoms. The lowest BCUT2D eigenvalue weighted by atomic mass is 10.4. The Balaban J connectivity index is 3.03. The lowest BCUT2D eigenvalue weighted by molar-refractivity contribution is 0.427. The fourth-order valence-electron chi connectivity index (χ4n) is 1.95. The molecule has 1 N–H and O–H groups in total. The number of thiophene rings is 1. The molecule has 0 aliphatic carbocycles. The van der Waals surface area contributed by atoms with Crippen LogP contribution in [-0.4, -0.2) is 32.4 Å². The van der Waals surface area contributed by atoms with Gasteiger partial charge in [-0.05, 0) is 26.0 Å². The van der Waals surface area contributed by atoms with Crippen LogP contribution in [0.3, 0.4) is 0 Å². The molecule has 6 heteroatoms. The minimum Gasteiger partial charge on any atom is -0.312 e. The van der Waals surface area contributed by atoms with E-state index in [1.807, 2.05) is 33.8 Å². The van der Waals surface area contributed by atoms with Crippen molar-refractivity contribution in [3.8, 4) is 0 Å². The number of nitrogens with zero attached hydrogens (tertiary/aromatic N) is 1. The molecule has 1 aromatic rings. The Hall–Kier alpha value is -0.430. The summed E-state index contributed by atoms with van der Waals surface area (Å²) < 4.78 is 26.7. The number of aryl methyl sites for hydroxylation is 1. The van der Waals surface area contributed by atoms with Crippen LogP contribution in [0.2, 0.25) is 0 Å². The standard InChI is InChI=1S/C13H24N2O2S2/c1-5-8-15(7-3)19(16,17)13-9-12(10-14-6-2)18-11(13)4/h9,14H,5-8,10H2,1-4H3. The van der Waals surface area contributed by atoms with Crippen molar-refractivity contribution in [1.82, 2.24) is 9.62 Å². The summed E-state index contributed by atoms with van der Waals surface area (Å²) in [6.07, 6.45) is 0.834. The third-order valence-electron chi connectivity index (χ3n) is 2.92. The Labute approximate surface area is 120 Å². The van der Waals surface area contributed by atoms with Crippen LogP contribution in [0, 0.1) is 6.92 Å². The molecule has 0 aromatic carbocycles.